The number of aromatic nitrogens is 4. The van der Waals surface area contributed by atoms with Gasteiger partial charge in [0.1, 0.15) is 0 Å². The fourth-order valence-electron chi connectivity index (χ4n) is 2.23. The maximum atomic E-state index is 12.4. The highest BCUT2D eigenvalue weighted by Gasteiger charge is 2.20. The maximum absolute atomic E-state index is 12.4. The second kappa shape index (κ2) is 7.35. The number of nitrogens with two attached hydrogens (primary N) is 1. The first-order valence-electron chi connectivity index (χ1n) is 7.69. The molecular weight excluding hydrogens is 336 g/mol. The van der Waals surface area contributed by atoms with Crippen LogP contribution in [0.3, 0.4) is 0 Å². The number of thioether (sulfide) groups is 1. The van der Waals surface area contributed by atoms with Gasteiger partial charge in [0, 0.05) is 23.6 Å². The van der Waals surface area contributed by atoms with Crippen molar-refractivity contribution in [3.05, 3.63) is 54.4 Å². The van der Waals surface area contributed by atoms with Crippen LogP contribution in [-0.4, -0.2) is 31.0 Å². The third-order valence-corrected chi connectivity index (χ3v) is 4.58. The topological polar surface area (TPSA) is 98.7 Å². The van der Waals surface area contributed by atoms with Crippen molar-refractivity contribution < 1.29 is 4.79 Å². The van der Waals surface area contributed by atoms with E-state index in [1.165, 1.54) is 16.4 Å². The van der Waals surface area contributed by atoms with Crippen molar-refractivity contribution in [2.45, 2.75) is 24.3 Å². The van der Waals surface area contributed by atoms with E-state index in [0.717, 1.165) is 16.8 Å². The van der Waals surface area contributed by atoms with Gasteiger partial charge in [-0.3, -0.25) is 9.78 Å². The van der Waals surface area contributed by atoms with Crippen molar-refractivity contribution in [2.24, 2.45) is 0 Å². The molecule has 3 aromatic rings. The van der Waals surface area contributed by atoms with E-state index in [-0.39, 0.29) is 11.2 Å². The highest BCUT2D eigenvalue weighted by molar-refractivity contribution is 8.00. The van der Waals surface area contributed by atoms with Crippen LogP contribution < -0.4 is 11.2 Å². The van der Waals surface area contributed by atoms with Gasteiger partial charge in [0.05, 0.1) is 5.25 Å². The van der Waals surface area contributed by atoms with Crippen LogP contribution in [0, 0.1) is 6.92 Å². The first-order valence-corrected chi connectivity index (χ1v) is 8.57. The number of carbonyl (C=O) groups excluding carboxylic acids is 1. The number of pyridine rings is 1. The molecule has 25 heavy (non-hydrogen) atoms. The summed E-state index contributed by atoms with van der Waals surface area (Å²) < 4.78 is 1.37. The molecular formula is C17H18N6OS. The number of nitrogens with zero attached hydrogens (tertiary/aromatic N) is 4. The van der Waals surface area contributed by atoms with Gasteiger partial charge >= 0.3 is 0 Å². The molecule has 7 nitrogen and oxygen atoms in total. The van der Waals surface area contributed by atoms with Gasteiger partial charge in [0.15, 0.2) is 5.82 Å². The molecule has 0 radical (unpaired) electrons. The Morgan fingerprint density at radius 1 is 1.28 bits per heavy atom. The van der Waals surface area contributed by atoms with E-state index < -0.39 is 0 Å². The summed E-state index contributed by atoms with van der Waals surface area (Å²) in [5, 5.41) is 11.1. The van der Waals surface area contributed by atoms with E-state index in [1.807, 2.05) is 37.3 Å². The first-order chi connectivity index (χ1) is 12.0. The van der Waals surface area contributed by atoms with Crippen molar-refractivity contribution in [1.82, 2.24) is 19.9 Å². The number of hydrogen-bond acceptors (Lipinski definition) is 6. The normalized spacial score (nSPS) is 11.9. The van der Waals surface area contributed by atoms with Gasteiger partial charge in [0.2, 0.25) is 11.1 Å². The third kappa shape index (κ3) is 3.97. The van der Waals surface area contributed by atoms with Crippen LogP contribution in [0.1, 0.15) is 12.5 Å². The summed E-state index contributed by atoms with van der Waals surface area (Å²) in [6.07, 6.45) is 3.34. The Kier molecular flexibility index (Phi) is 4.99. The summed E-state index contributed by atoms with van der Waals surface area (Å²) in [6, 6.07) is 11.3. The Morgan fingerprint density at radius 2 is 2.12 bits per heavy atom. The maximum Gasteiger partial charge on any atom is 0.237 e. The molecule has 0 unspecified atom stereocenters. The van der Waals surface area contributed by atoms with Crippen molar-refractivity contribution in [2.75, 3.05) is 11.2 Å². The molecule has 3 rings (SSSR count). The van der Waals surface area contributed by atoms with Gasteiger partial charge < -0.3 is 11.2 Å². The lowest BCUT2D eigenvalue weighted by atomic mass is 10.2. The van der Waals surface area contributed by atoms with Crippen LogP contribution in [-0.2, 0) is 4.79 Å². The highest BCUT2D eigenvalue weighted by atomic mass is 32.2. The first kappa shape index (κ1) is 17.0. The number of benzene rings is 1. The molecule has 0 saturated carbocycles. The summed E-state index contributed by atoms with van der Waals surface area (Å²) in [5.74, 6) is 6.45. The molecule has 1 atom stereocenters. The fourth-order valence-corrected chi connectivity index (χ4v) is 3.00. The number of hydrogen-bond donors (Lipinski definition) is 2. The average molecular weight is 354 g/mol. The standard InChI is InChI=1S/C17H18N6OS/c1-11-5-3-7-14(9-11)20-16(24)12(2)25-17-22-21-15(23(17)18)13-6-4-8-19-10-13/h3-10,12H,18H2,1-2H3,(H,20,24)/t12-/m1/s1. The molecule has 2 aromatic heterocycles. The van der Waals surface area contributed by atoms with Crippen molar-refractivity contribution in [3.63, 3.8) is 0 Å². The van der Waals surface area contributed by atoms with Gasteiger partial charge in [0.25, 0.3) is 0 Å². The highest BCUT2D eigenvalue weighted by Crippen LogP contribution is 2.25. The molecule has 3 N–H and O–H groups in total. The number of amides is 1. The number of aryl methyl sites for hydroxylation is 1. The average Bonchev–Trinajstić information content (AvgIpc) is 2.96. The van der Waals surface area contributed by atoms with E-state index in [1.54, 1.807) is 25.4 Å². The minimum absolute atomic E-state index is 0.124. The monoisotopic (exact) mass is 354 g/mol. The predicted octanol–water partition coefficient (Wildman–Crippen LogP) is 2.48. The van der Waals surface area contributed by atoms with Gasteiger partial charge in [-0.1, -0.05) is 23.9 Å². The molecule has 0 saturated heterocycles. The quantitative estimate of drug-likeness (QED) is 0.539. The van der Waals surface area contributed by atoms with Crippen molar-refractivity contribution >= 4 is 23.4 Å². The van der Waals surface area contributed by atoms with E-state index in [4.69, 9.17) is 5.84 Å². The van der Waals surface area contributed by atoms with Crippen molar-refractivity contribution in [3.8, 4) is 11.4 Å². The fraction of sp³-hybridized carbons (Fsp3) is 0.176. The molecule has 0 aliphatic heterocycles. The summed E-state index contributed by atoms with van der Waals surface area (Å²) in [4.78, 5) is 16.4. The largest absolute Gasteiger partial charge is 0.335 e. The Balaban J connectivity index is 1.70. The minimum atomic E-state index is -0.381. The van der Waals surface area contributed by atoms with E-state index >= 15 is 0 Å². The molecule has 8 heteroatoms. The molecule has 2 heterocycles. The molecule has 0 spiro atoms. The second-order valence-electron chi connectivity index (χ2n) is 5.54. The van der Waals surface area contributed by atoms with Crippen LogP contribution >= 0.6 is 11.8 Å². The Morgan fingerprint density at radius 3 is 2.84 bits per heavy atom. The molecule has 0 aliphatic carbocycles. The van der Waals surface area contributed by atoms with E-state index in [9.17, 15) is 4.79 Å². The summed E-state index contributed by atoms with van der Waals surface area (Å²) in [5.41, 5.74) is 2.62. The van der Waals surface area contributed by atoms with E-state index in [2.05, 4.69) is 20.5 Å². The van der Waals surface area contributed by atoms with Crippen LogP contribution in [0.4, 0.5) is 5.69 Å². The van der Waals surface area contributed by atoms with Gasteiger partial charge in [-0.15, -0.1) is 10.2 Å². The Bertz CT molecular complexity index is 880. The zero-order chi connectivity index (χ0) is 17.8. The smallest absolute Gasteiger partial charge is 0.237 e. The van der Waals surface area contributed by atoms with Crippen molar-refractivity contribution in [1.29, 1.82) is 0 Å². The summed E-state index contributed by atoms with van der Waals surface area (Å²) in [6.45, 7) is 3.78. The van der Waals surface area contributed by atoms with Crippen LogP contribution in [0.15, 0.2) is 53.9 Å². The van der Waals surface area contributed by atoms with Crippen LogP contribution in [0.5, 0.6) is 0 Å². The number of nitrogens with one attached hydrogen (secondary N) is 1. The summed E-state index contributed by atoms with van der Waals surface area (Å²) >= 11 is 1.25. The summed E-state index contributed by atoms with van der Waals surface area (Å²) in [7, 11) is 0. The number of nitrogen functional groups attached to an aromatic ring is 1. The molecule has 0 fully saturated rings. The Hall–Kier alpha value is -2.87. The minimum Gasteiger partial charge on any atom is -0.335 e. The number of anilines is 1. The molecule has 0 bridgehead atoms. The van der Waals surface area contributed by atoms with Crippen LogP contribution in [0.25, 0.3) is 11.4 Å². The number of carbonyl (C=O) groups is 1. The zero-order valence-corrected chi connectivity index (χ0v) is 14.7. The molecule has 128 valence electrons. The lowest BCUT2D eigenvalue weighted by Crippen LogP contribution is -2.23. The third-order valence-electron chi connectivity index (χ3n) is 3.52. The SMILES string of the molecule is Cc1cccc(NC(=O)[C@@H](C)Sc2nnc(-c3cccnc3)n2N)c1. The second-order valence-corrected chi connectivity index (χ2v) is 6.84. The van der Waals surface area contributed by atoms with Gasteiger partial charge in [-0.25, -0.2) is 4.68 Å². The van der Waals surface area contributed by atoms with Gasteiger partial charge in [-0.05, 0) is 43.7 Å². The Labute approximate surface area is 149 Å². The molecule has 1 amide bonds. The van der Waals surface area contributed by atoms with Gasteiger partial charge in [-0.2, -0.15) is 0 Å². The molecule has 0 aliphatic rings. The zero-order valence-electron chi connectivity index (χ0n) is 13.9. The van der Waals surface area contributed by atoms with Crippen LogP contribution in [0.2, 0.25) is 0 Å². The van der Waals surface area contributed by atoms with E-state index in [0.29, 0.717) is 11.0 Å². The lowest BCUT2D eigenvalue weighted by Gasteiger charge is -2.12. The molecule has 1 aromatic carbocycles. The number of rotatable bonds is 5. The lowest BCUT2D eigenvalue weighted by molar-refractivity contribution is -0.115. The predicted molar refractivity (Wildman–Crippen MR) is 98.5 cm³/mol.